The van der Waals surface area contributed by atoms with Crippen LogP contribution in [0.3, 0.4) is 0 Å². The Labute approximate surface area is 137 Å². The first-order chi connectivity index (χ1) is 9.75. The Balaban J connectivity index is 0.00000220. The molecule has 0 saturated carbocycles. The first-order valence-corrected chi connectivity index (χ1v) is 7.51. The number of benzene rings is 1. The summed E-state index contributed by atoms with van der Waals surface area (Å²) >= 11 is 5.98. The first-order valence-electron chi connectivity index (χ1n) is 7.13. The molecule has 1 aliphatic heterocycles. The second-order valence-electron chi connectivity index (χ2n) is 4.97. The van der Waals surface area contributed by atoms with Crippen molar-refractivity contribution in [3.63, 3.8) is 0 Å². The summed E-state index contributed by atoms with van der Waals surface area (Å²) in [7, 11) is 0. The van der Waals surface area contributed by atoms with Gasteiger partial charge in [0.25, 0.3) is 0 Å². The van der Waals surface area contributed by atoms with Crippen LogP contribution in [-0.2, 0) is 4.79 Å². The maximum atomic E-state index is 11.8. The highest BCUT2D eigenvalue weighted by atomic mass is 35.5. The number of para-hydroxylation sites is 1. The molecule has 1 aromatic carbocycles. The molecular weight excluding hydrogens is 311 g/mol. The Hall–Kier alpha value is -0.970. The molecule has 0 aromatic heterocycles. The molecule has 1 amide bonds. The molecule has 2 rings (SSSR count). The molecule has 0 spiro atoms. The molecule has 0 unspecified atom stereocenters. The number of rotatable bonds is 6. The number of carbonyl (C=O) groups is 1. The van der Waals surface area contributed by atoms with E-state index in [4.69, 9.17) is 16.3 Å². The lowest BCUT2D eigenvalue weighted by Gasteiger charge is -2.23. The van der Waals surface area contributed by atoms with E-state index in [1.807, 2.05) is 18.2 Å². The van der Waals surface area contributed by atoms with Crippen LogP contribution in [0.5, 0.6) is 5.75 Å². The lowest BCUT2D eigenvalue weighted by Crippen LogP contribution is -2.42. The van der Waals surface area contributed by atoms with E-state index in [1.54, 1.807) is 6.07 Å². The normalized spacial score (nSPS) is 15.1. The maximum absolute atomic E-state index is 11.8. The van der Waals surface area contributed by atoms with Gasteiger partial charge in [0.1, 0.15) is 5.75 Å². The van der Waals surface area contributed by atoms with Crippen LogP contribution >= 0.6 is 24.0 Å². The maximum Gasteiger partial charge on any atom is 0.220 e. The second-order valence-corrected chi connectivity index (χ2v) is 5.38. The smallest absolute Gasteiger partial charge is 0.220 e. The third-order valence-electron chi connectivity index (χ3n) is 3.35. The lowest BCUT2D eigenvalue weighted by molar-refractivity contribution is -0.122. The van der Waals surface area contributed by atoms with Gasteiger partial charge in [0.2, 0.25) is 5.91 Å². The Kier molecular flexibility index (Phi) is 8.50. The van der Waals surface area contributed by atoms with Crippen molar-refractivity contribution >= 4 is 29.9 Å². The highest BCUT2D eigenvalue weighted by Gasteiger charge is 2.14. The van der Waals surface area contributed by atoms with E-state index < -0.39 is 0 Å². The fourth-order valence-corrected chi connectivity index (χ4v) is 2.43. The van der Waals surface area contributed by atoms with Crippen molar-refractivity contribution < 1.29 is 9.53 Å². The molecule has 0 bridgehead atoms. The Morgan fingerprint density at radius 3 is 2.76 bits per heavy atom. The second kappa shape index (κ2) is 9.87. The van der Waals surface area contributed by atoms with Crippen LogP contribution in [0.2, 0.25) is 5.02 Å². The number of hydrogen-bond donors (Lipinski definition) is 2. The minimum Gasteiger partial charge on any atom is -0.492 e. The molecule has 0 atom stereocenters. The van der Waals surface area contributed by atoms with E-state index in [-0.39, 0.29) is 18.3 Å². The Morgan fingerprint density at radius 1 is 1.33 bits per heavy atom. The molecule has 4 nitrogen and oxygen atoms in total. The van der Waals surface area contributed by atoms with Gasteiger partial charge in [-0.05, 0) is 44.5 Å². The minimum absolute atomic E-state index is 0. The van der Waals surface area contributed by atoms with Gasteiger partial charge in [-0.25, -0.2) is 0 Å². The van der Waals surface area contributed by atoms with Gasteiger partial charge in [0.05, 0.1) is 11.6 Å². The molecule has 21 heavy (non-hydrogen) atoms. The summed E-state index contributed by atoms with van der Waals surface area (Å²) in [6.07, 6.45) is 3.22. The summed E-state index contributed by atoms with van der Waals surface area (Å²) in [5.41, 5.74) is 0. The Morgan fingerprint density at radius 2 is 2.05 bits per heavy atom. The van der Waals surface area contributed by atoms with E-state index in [0.717, 1.165) is 25.9 Å². The third kappa shape index (κ3) is 6.55. The van der Waals surface area contributed by atoms with Crippen molar-refractivity contribution in [1.82, 2.24) is 10.6 Å². The largest absolute Gasteiger partial charge is 0.492 e. The van der Waals surface area contributed by atoms with Crippen LogP contribution in [0.25, 0.3) is 0 Å². The van der Waals surface area contributed by atoms with Gasteiger partial charge in [-0.1, -0.05) is 23.7 Å². The predicted octanol–water partition coefficient (Wildman–Crippen LogP) is 2.79. The summed E-state index contributed by atoms with van der Waals surface area (Å²) < 4.78 is 5.56. The van der Waals surface area contributed by atoms with Crippen LogP contribution in [-0.4, -0.2) is 31.6 Å². The molecule has 6 heteroatoms. The molecule has 0 radical (unpaired) electrons. The fraction of sp³-hybridized carbons (Fsp3) is 0.533. The summed E-state index contributed by atoms with van der Waals surface area (Å²) in [6, 6.07) is 7.69. The zero-order valence-electron chi connectivity index (χ0n) is 11.9. The van der Waals surface area contributed by atoms with Crippen molar-refractivity contribution in [3.05, 3.63) is 29.3 Å². The van der Waals surface area contributed by atoms with Gasteiger partial charge >= 0.3 is 0 Å². The van der Waals surface area contributed by atoms with Crippen molar-refractivity contribution in [2.45, 2.75) is 31.7 Å². The summed E-state index contributed by atoms with van der Waals surface area (Å²) in [5.74, 6) is 0.785. The van der Waals surface area contributed by atoms with Crippen molar-refractivity contribution in [2.24, 2.45) is 0 Å². The fourth-order valence-electron chi connectivity index (χ4n) is 2.24. The van der Waals surface area contributed by atoms with E-state index in [2.05, 4.69) is 10.6 Å². The highest BCUT2D eigenvalue weighted by Crippen LogP contribution is 2.23. The predicted molar refractivity (Wildman–Crippen MR) is 87.5 cm³/mol. The molecular formula is C15H22Cl2N2O2. The number of halogens is 2. The van der Waals surface area contributed by atoms with Crippen molar-refractivity contribution in [2.75, 3.05) is 19.7 Å². The van der Waals surface area contributed by atoms with Gasteiger partial charge in [-0.2, -0.15) is 0 Å². The number of ether oxygens (including phenoxy) is 1. The summed E-state index contributed by atoms with van der Waals surface area (Å²) in [6.45, 7) is 2.48. The SMILES string of the molecule is Cl.O=C(CCCOc1ccccc1Cl)NC1CCNCC1. The van der Waals surface area contributed by atoms with Crippen LogP contribution < -0.4 is 15.4 Å². The molecule has 2 N–H and O–H groups in total. The standard InChI is InChI=1S/C15H21ClN2O2.ClH/c16-13-4-1-2-5-14(13)20-11-3-6-15(19)18-12-7-9-17-10-8-12;/h1-2,4-5,12,17H,3,6-11H2,(H,18,19);1H. The van der Waals surface area contributed by atoms with E-state index in [1.165, 1.54) is 0 Å². The van der Waals surface area contributed by atoms with E-state index in [9.17, 15) is 4.79 Å². The monoisotopic (exact) mass is 332 g/mol. The number of hydrogen-bond acceptors (Lipinski definition) is 3. The zero-order valence-corrected chi connectivity index (χ0v) is 13.5. The minimum atomic E-state index is 0. The van der Waals surface area contributed by atoms with Crippen LogP contribution in [0.4, 0.5) is 0 Å². The number of carbonyl (C=O) groups excluding carboxylic acids is 1. The average molecular weight is 333 g/mol. The van der Waals surface area contributed by atoms with Gasteiger partial charge in [0, 0.05) is 12.5 Å². The number of piperidine rings is 1. The topological polar surface area (TPSA) is 50.4 Å². The molecule has 118 valence electrons. The molecule has 1 aliphatic rings. The number of amides is 1. The third-order valence-corrected chi connectivity index (χ3v) is 3.66. The molecule has 1 saturated heterocycles. The van der Waals surface area contributed by atoms with E-state index in [0.29, 0.717) is 36.3 Å². The highest BCUT2D eigenvalue weighted by molar-refractivity contribution is 6.32. The van der Waals surface area contributed by atoms with Crippen molar-refractivity contribution in [1.29, 1.82) is 0 Å². The summed E-state index contributed by atoms with van der Waals surface area (Å²) in [4.78, 5) is 11.8. The van der Waals surface area contributed by atoms with Gasteiger partial charge in [-0.3, -0.25) is 4.79 Å². The quantitative estimate of drug-likeness (QED) is 0.787. The molecule has 1 fully saturated rings. The van der Waals surface area contributed by atoms with Gasteiger partial charge in [0.15, 0.2) is 0 Å². The zero-order chi connectivity index (χ0) is 14.2. The van der Waals surface area contributed by atoms with Gasteiger partial charge < -0.3 is 15.4 Å². The average Bonchev–Trinajstić information content (AvgIpc) is 2.46. The van der Waals surface area contributed by atoms with Crippen LogP contribution in [0, 0.1) is 0 Å². The van der Waals surface area contributed by atoms with Crippen LogP contribution in [0.15, 0.2) is 24.3 Å². The molecule has 0 aliphatic carbocycles. The first kappa shape index (κ1) is 18.1. The van der Waals surface area contributed by atoms with Crippen LogP contribution in [0.1, 0.15) is 25.7 Å². The molecule has 1 heterocycles. The number of nitrogens with one attached hydrogen (secondary N) is 2. The summed E-state index contributed by atoms with van der Waals surface area (Å²) in [5, 5.41) is 6.95. The van der Waals surface area contributed by atoms with Crippen molar-refractivity contribution in [3.8, 4) is 5.75 Å². The Bertz CT molecular complexity index is 437. The molecule has 1 aromatic rings. The lowest BCUT2D eigenvalue weighted by atomic mass is 10.1. The van der Waals surface area contributed by atoms with Gasteiger partial charge in [-0.15, -0.1) is 12.4 Å². The van der Waals surface area contributed by atoms with E-state index >= 15 is 0 Å².